The Labute approximate surface area is 168 Å². The smallest absolute Gasteiger partial charge is 0.493 e. The van der Waals surface area contributed by atoms with Gasteiger partial charge < -0.3 is 9.47 Å². The first-order chi connectivity index (χ1) is 13.6. The summed E-state index contributed by atoms with van der Waals surface area (Å²) in [6.07, 6.45) is -3.51. The van der Waals surface area contributed by atoms with Crippen LogP contribution in [0, 0.1) is 5.92 Å². The van der Waals surface area contributed by atoms with E-state index in [0.29, 0.717) is 24.7 Å². The van der Waals surface area contributed by atoms with Gasteiger partial charge in [-0.1, -0.05) is 32.0 Å². The third-order valence-corrected chi connectivity index (χ3v) is 5.46. The first-order valence-corrected chi connectivity index (χ1v) is 10.6. The van der Waals surface area contributed by atoms with Crippen molar-refractivity contribution in [2.75, 3.05) is 13.2 Å². The van der Waals surface area contributed by atoms with Gasteiger partial charge in [0, 0.05) is 6.54 Å². The second kappa shape index (κ2) is 9.98. The topological polar surface area (TPSA) is 64.6 Å². The van der Waals surface area contributed by atoms with E-state index >= 15 is 0 Å². The Balaban J connectivity index is 1.94. The van der Waals surface area contributed by atoms with Gasteiger partial charge in [0.05, 0.1) is 11.5 Å². The van der Waals surface area contributed by atoms with Gasteiger partial charge in [0.2, 0.25) is 10.0 Å². The maximum absolute atomic E-state index is 12.3. The highest BCUT2D eigenvalue weighted by Crippen LogP contribution is 2.24. The van der Waals surface area contributed by atoms with Gasteiger partial charge in [-0.3, -0.25) is 0 Å². The Morgan fingerprint density at radius 1 is 1.03 bits per heavy atom. The number of benzene rings is 2. The zero-order chi connectivity index (χ0) is 21.5. The molecule has 0 spiro atoms. The molecule has 0 amide bonds. The van der Waals surface area contributed by atoms with Crippen molar-refractivity contribution in [1.82, 2.24) is 4.72 Å². The Hall–Kier alpha value is -2.26. The lowest BCUT2D eigenvalue weighted by molar-refractivity contribution is -0.274. The summed E-state index contributed by atoms with van der Waals surface area (Å²) >= 11 is 0. The number of rotatable bonds is 10. The highest BCUT2D eigenvalue weighted by molar-refractivity contribution is 7.89. The number of hydrogen-bond acceptors (Lipinski definition) is 4. The van der Waals surface area contributed by atoms with Crippen LogP contribution in [0.3, 0.4) is 0 Å². The summed E-state index contributed by atoms with van der Waals surface area (Å²) in [4.78, 5) is -0.145. The fraction of sp³-hybridized carbons (Fsp3) is 0.400. The molecule has 0 atom stereocenters. The van der Waals surface area contributed by atoms with E-state index in [1.807, 2.05) is 24.3 Å². The molecule has 2 aromatic carbocycles. The summed E-state index contributed by atoms with van der Waals surface area (Å²) in [5.41, 5.74) is 0.868. The largest absolute Gasteiger partial charge is 0.573 e. The van der Waals surface area contributed by atoms with E-state index in [0.717, 1.165) is 36.2 Å². The molecule has 0 heterocycles. The third-order valence-electron chi connectivity index (χ3n) is 3.98. The van der Waals surface area contributed by atoms with E-state index < -0.39 is 22.1 Å². The number of hydrogen-bond donors (Lipinski definition) is 1. The standard InChI is InChI=1S/C20H24F3NO4S/c1-15(2)12-14-27-19-6-4-3-5-16(19)11-13-24-29(25,26)18-9-7-17(8-10-18)28-20(21,22)23/h3-10,15,24H,11-14H2,1-2H3. The number of para-hydroxylation sites is 1. The average Bonchev–Trinajstić information content (AvgIpc) is 2.62. The Bertz CT molecular complexity index is 881. The molecule has 0 saturated carbocycles. The number of halogens is 3. The van der Waals surface area contributed by atoms with Crippen LogP contribution in [-0.4, -0.2) is 27.9 Å². The minimum atomic E-state index is -4.83. The van der Waals surface area contributed by atoms with E-state index in [1.54, 1.807) is 0 Å². The summed E-state index contributed by atoms with van der Waals surface area (Å²) in [5.74, 6) is 0.742. The molecule has 0 aliphatic rings. The molecule has 1 N–H and O–H groups in total. The van der Waals surface area contributed by atoms with Gasteiger partial charge in [-0.2, -0.15) is 0 Å². The molecular formula is C20H24F3NO4S. The third kappa shape index (κ3) is 7.94. The molecule has 2 rings (SSSR count). The molecular weight excluding hydrogens is 407 g/mol. The quantitative estimate of drug-likeness (QED) is 0.600. The Morgan fingerprint density at radius 2 is 1.69 bits per heavy atom. The Morgan fingerprint density at radius 3 is 2.31 bits per heavy atom. The minimum Gasteiger partial charge on any atom is -0.493 e. The highest BCUT2D eigenvalue weighted by Gasteiger charge is 2.31. The van der Waals surface area contributed by atoms with Crippen LogP contribution in [0.15, 0.2) is 53.4 Å². The molecule has 0 aliphatic heterocycles. The lowest BCUT2D eigenvalue weighted by Crippen LogP contribution is -2.26. The summed E-state index contributed by atoms with van der Waals surface area (Å²) in [6, 6.07) is 11.4. The normalized spacial score (nSPS) is 12.2. The van der Waals surface area contributed by atoms with Gasteiger partial charge in [-0.25, -0.2) is 13.1 Å². The van der Waals surface area contributed by atoms with Crippen LogP contribution in [0.5, 0.6) is 11.5 Å². The molecule has 0 fully saturated rings. The Kier molecular flexibility index (Phi) is 7.92. The van der Waals surface area contributed by atoms with Crippen molar-refractivity contribution >= 4 is 10.0 Å². The minimum absolute atomic E-state index is 0.119. The number of nitrogens with one attached hydrogen (secondary N) is 1. The number of ether oxygens (including phenoxy) is 2. The molecule has 0 bridgehead atoms. The van der Waals surface area contributed by atoms with Gasteiger partial charge in [-0.15, -0.1) is 13.2 Å². The van der Waals surface area contributed by atoms with Crippen molar-refractivity contribution in [1.29, 1.82) is 0 Å². The van der Waals surface area contributed by atoms with Gasteiger partial charge in [0.15, 0.2) is 0 Å². The fourth-order valence-corrected chi connectivity index (χ4v) is 3.51. The van der Waals surface area contributed by atoms with Gasteiger partial charge in [-0.05, 0) is 54.7 Å². The molecule has 29 heavy (non-hydrogen) atoms. The van der Waals surface area contributed by atoms with Crippen LogP contribution in [0.2, 0.25) is 0 Å². The van der Waals surface area contributed by atoms with E-state index in [-0.39, 0.29) is 11.4 Å². The van der Waals surface area contributed by atoms with Gasteiger partial charge in [0.1, 0.15) is 11.5 Å². The number of alkyl halides is 3. The lowest BCUT2D eigenvalue weighted by Gasteiger charge is -2.13. The first-order valence-electron chi connectivity index (χ1n) is 9.13. The molecule has 160 valence electrons. The molecule has 9 heteroatoms. The van der Waals surface area contributed by atoms with Crippen LogP contribution in [-0.2, 0) is 16.4 Å². The van der Waals surface area contributed by atoms with Crippen molar-refractivity contribution < 1.29 is 31.1 Å². The monoisotopic (exact) mass is 431 g/mol. The molecule has 5 nitrogen and oxygen atoms in total. The van der Waals surface area contributed by atoms with E-state index in [9.17, 15) is 21.6 Å². The molecule has 0 aliphatic carbocycles. The maximum Gasteiger partial charge on any atom is 0.573 e. The predicted octanol–water partition coefficient (Wildman–Crippen LogP) is 4.53. The summed E-state index contributed by atoms with van der Waals surface area (Å²) in [5, 5.41) is 0. The van der Waals surface area contributed by atoms with Crippen LogP contribution < -0.4 is 14.2 Å². The zero-order valence-corrected chi connectivity index (χ0v) is 17.0. The van der Waals surface area contributed by atoms with E-state index in [2.05, 4.69) is 23.3 Å². The molecule has 0 radical (unpaired) electrons. The maximum atomic E-state index is 12.3. The summed E-state index contributed by atoms with van der Waals surface area (Å²) < 4.78 is 73.2. The van der Waals surface area contributed by atoms with Crippen LogP contribution in [0.4, 0.5) is 13.2 Å². The SMILES string of the molecule is CC(C)CCOc1ccccc1CCNS(=O)(=O)c1ccc(OC(F)(F)F)cc1. The number of sulfonamides is 1. The second-order valence-corrected chi connectivity index (χ2v) is 8.57. The molecule has 0 unspecified atom stereocenters. The van der Waals surface area contributed by atoms with Crippen LogP contribution >= 0.6 is 0 Å². The molecule has 0 saturated heterocycles. The van der Waals surface area contributed by atoms with Gasteiger partial charge >= 0.3 is 6.36 Å². The molecule has 2 aromatic rings. The van der Waals surface area contributed by atoms with Crippen molar-refractivity contribution in [2.45, 2.75) is 37.9 Å². The van der Waals surface area contributed by atoms with E-state index in [1.165, 1.54) is 0 Å². The molecule has 0 aromatic heterocycles. The lowest BCUT2D eigenvalue weighted by atomic mass is 10.1. The summed E-state index contributed by atoms with van der Waals surface area (Å²) in [7, 11) is -3.86. The van der Waals surface area contributed by atoms with E-state index in [4.69, 9.17) is 4.74 Å². The average molecular weight is 431 g/mol. The van der Waals surface area contributed by atoms with Crippen molar-refractivity contribution in [3.05, 3.63) is 54.1 Å². The van der Waals surface area contributed by atoms with Crippen LogP contribution in [0.25, 0.3) is 0 Å². The fourth-order valence-electron chi connectivity index (χ4n) is 2.48. The van der Waals surface area contributed by atoms with Crippen molar-refractivity contribution in [3.8, 4) is 11.5 Å². The second-order valence-electron chi connectivity index (χ2n) is 6.81. The zero-order valence-electron chi connectivity index (χ0n) is 16.2. The van der Waals surface area contributed by atoms with Crippen LogP contribution in [0.1, 0.15) is 25.8 Å². The highest BCUT2D eigenvalue weighted by atomic mass is 32.2. The predicted molar refractivity (Wildman–Crippen MR) is 103 cm³/mol. The van der Waals surface area contributed by atoms with Crippen molar-refractivity contribution in [2.24, 2.45) is 5.92 Å². The first kappa shape index (κ1) is 23.0. The van der Waals surface area contributed by atoms with Crippen molar-refractivity contribution in [3.63, 3.8) is 0 Å². The van der Waals surface area contributed by atoms with Gasteiger partial charge in [0.25, 0.3) is 0 Å². The summed E-state index contributed by atoms with van der Waals surface area (Å²) in [6.45, 7) is 4.90.